The number of thiophene rings is 1. The van der Waals surface area contributed by atoms with Crippen molar-refractivity contribution in [2.45, 2.75) is 13.0 Å². The molecular formula is C15H16N2O3S. The van der Waals surface area contributed by atoms with Gasteiger partial charge in [-0.1, -0.05) is 18.2 Å². The maximum Gasteiger partial charge on any atom is 0.335 e. The minimum atomic E-state index is -0.946. The van der Waals surface area contributed by atoms with Gasteiger partial charge in [-0.05, 0) is 35.6 Å². The fourth-order valence-electron chi connectivity index (χ4n) is 1.82. The number of carboxylic acids is 1. The maximum absolute atomic E-state index is 11.6. The molecule has 0 aliphatic rings. The molecule has 0 spiro atoms. The molecule has 2 amide bonds. The normalized spacial score (nSPS) is 10.1. The third-order valence-electron chi connectivity index (χ3n) is 2.88. The van der Waals surface area contributed by atoms with Gasteiger partial charge in [0.15, 0.2) is 0 Å². The number of benzene rings is 1. The van der Waals surface area contributed by atoms with Crippen LogP contribution in [0.15, 0.2) is 41.8 Å². The second-order valence-electron chi connectivity index (χ2n) is 4.44. The van der Waals surface area contributed by atoms with Crippen molar-refractivity contribution in [1.82, 2.24) is 10.6 Å². The van der Waals surface area contributed by atoms with Crippen molar-refractivity contribution in [3.8, 4) is 0 Å². The van der Waals surface area contributed by atoms with Crippen LogP contribution < -0.4 is 10.6 Å². The van der Waals surface area contributed by atoms with Gasteiger partial charge < -0.3 is 15.7 Å². The van der Waals surface area contributed by atoms with E-state index in [4.69, 9.17) is 5.11 Å². The molecule has 2 aromatic rings. The Morgan fingerprint density at radius 3 is 2.71 bits per heavy atom. The van der Waals surface area contributed by atoms with Crippen LogP contribution in [-0.2, 0) is 13.0 Å². The average molecular weight is 304 g/mol. The van der Waals surface area contributed by atoms with Gasteiger partial charge in [0.1, 0.15) is 0 Å². The summed E-state index contributed by atoms with van der Waals surface area (Å²) in [5.74, 6) is -0.946. The molecular weight excluding hydrogens is 288 g/mol. The summed E-state index contributed by atoms with van der Waals surface area (Å²) in [4.78, 5) is 23.5. The van der Waals surface area contributed by atoms with Gasteiger partial charge in [-0.15, -0.1) is 11.3 Å². The predicted octanol–water partition coefficient (Wildman–Crippen LogP) is 2.49. The Balaban J connectivity index is 1.72. The molecule has 0 radical (unpaired) electrons. The molecule has 0 saturated heterocycles. The average Bonchev–Trinajstić information content (AvgIpc) is 2.99. The lowest BCUT2D eigenvalue weighted by atomic mass is 10.1. The van der Waals surface area contributed by atoms with Crippen molar-refractivity contribution in [1.29, 1.82) is 0 Å². The molecule has 0 aliphatic heterocycles. The largest absolute Gasteiger partial charge is 0.478 e. The topological polar surface area (TPSA) is 78.4 Å². The Kier molecular flexibility index (Phi) is 5.34. The van der Waals surface area contributed by atoms with Gasteiger partial charge in [0.05, 0.1) is 12.1 Å². The minimum absolute atomic E-state index is 0.224. The highest BCUT2D eigenvalue weighted by Gasteiger charge is 2.04. The molecule has 2 rings (SSSR count). The zero-order valence-electron chi connectivity index (χ0n) is 11.3. The maximum atomic E-state index is 11.6. The second-order valence-corrected chi connectivity index (χ2v) is 5.48. The van der Waals surface area contributed by atoms with Crippen molar-refractivity contribution >= 4 is 23.3 Å². The summed E-state index contributed by atoms with van der Waals surface area (Å²) < 4.78 is 0. The van der Waals surface area contributed by atoms with Crippen LogP contribution in [0.1, 0.15) is 20.8 Å². The van der Waals surface area contributed by atoms with Gasteiger partial charge in [-0.25, -0.2) is 9.59 Å². The predicted molar refractivity (Wildman–Crippen MR) is 81.7 cm³/mol. The Hall–Kier alpha value is -2.34. The van der Waals surface area contributed by atoms with Crippen molar-refractivity contribution in [3.63, 3.8) is 0 Å². The molecule has 0 saturated carbocycles. The van der Waals surface area contributed by atoms with Gasteiger partial charge in [-0.2, -0.15) is 0 Å². The number of carbonyl (C=O) groups is 2. The SMILES string of the molecule is O=C(NCCc1cccc(C(=O)O)c1)NCc1cccs1. The number of carboxylic acid groups (broad SMARTS) is 1. The first-order valence-corrected chi connectivity index (χ1v) is 7.39. The smallest absolute Gasteiger partial charge is 0.335 e. The number of hydrogen-bond acceptors (Lipinski definition) is 3. The van der Waals surface area contributed by atoms with Crippen molar-refractivity contribution in [2.75, 3.05) is 6.54 Å². The van der Waals surface area contributed by atoms with Crippen LogP contribution in [0.25, 0.3) is 0 Å². The molecule has 1 aromatic heterocycles. The quantitative estimate of drug-likeness (QED) is 0.767. The molecule has 21 heavy (non-hydrogen) atoms. The van der Waals surface area contributed by atoms with Crippen molar-refractivity contribution in [2.24, 2.45) is 0 Å². The Labute approximate surface area is 126 Å². The van der Waals surface area contributed by atoms with E-state index in [9.17, 15) is 9.59 Å². The highest BCUT2D eigenvalue weighted by Crippen LogP contribution is 2.07. The molecule has 1 heterocycles. The number of rotatable bonds is 6. The molecule has 0 fully saturated rings. The standard InChI is InChI=1S/C15H16N2O3S/c18-14(19)12-4-1-3-11(9-12)6-7-16-15(20)17-10-13-5-2-8-21-13/h1-5,8-9H,6-7,10H2,(H,18,19)(H2,16,17,20). The molecule has 0 unspecified atom stereocenters. The zero-order valence-corrected chi connectivity index (χ0v) is 12.2. The van der Waals surface area contributed by atoms with Crippen LogP contribution in [0.3, 0.4) is 0 Å². The van der Waals surface area contributed by atoms with Gasteiger partial charge in [0, 0.05) is 11.4 Å². The summed E-state index contributed by atoms with van der Waals surface area (Å²) in [7, 11) is 0. The van der Waals surface area contributed by atoms with Crippen LogP contribution in [0.2, 0.25) is 0 Å². The summed E-state index contributed by atoms with van der Waals surface area (Å²) >= 11 is 1.59. The molecule has 3 N–H and O–H groups in total. The van der Waals surface area contributed by atoms with E-state index in [-0.39, 0.29) is 11.6 Å². The fourth-order valence-corrected chi connectivity index (χ4v) is 2.47. The van der Waals surface area contributed by atoms with Gasteiger partial charge in [-0.3, -0.25) is 0 Å². The molecule has 110 valence electrons. The lowest BCUT2D eigenvalue weighted by molar-refractivity contribution is 0.0696. The monoisotopic (exact) mass is 304 g/mol. The van der Waals surface area contributed by atoms with E-state index < -0.39 is 5.97 Å². The number of urea groups is 1. The van der Waals surface area contributed by atoms with Crippen molar-refractivity contribution in [3.05, 3.63) is 57.8 Å². The molecule has 0 atom stereocenters. The summed E-state index contributed by atoms with van der Waals surface area (Å²) in [5, 5.41) is 16.4. The minimum Gasteiger partial charge on any atom is -0.478 e. The van der Waals surface area contributed by atoms with E-state index in [1.807, 2.05) is 23.6 Å². The third kappa shape index (κ3) is 4.92. The summed E-state index contributed by atoms with van der Waals surface area (Å²) in [6.07, 6.45) is 0.591. The van der Waals surface area contributed by atoms with Crippen LogP contribution >= 0.6 is 11.3 Å². The Bertz CT molecular complexity index is 611. The number of hydrogen-bond donors (Lipinski definition) is 3. The second kappa shape index (κ2) is 7.44. The summed E-state index contributed by atoms with van der Waals surface area (Å²) in [5.41, 5.74) is 1.14. The van der Waals surface area contributed by atoms with Crippen LogP contribution in [0.4, 0.5) is 4.79 Å². The van der Waals surface area contributed by atoms with Crippen LogP contribution in [0, 0.1) is 0 Å². The first-order chi connectivity index (χ1) is 10.1. The van der Waals surface area contributed by atoms with E-state index in [2.05, 4.69) is 10.6 Å². The number of aromatic carboxylic acids is 1. The molecule has 1 aromatic carbocycles. The lowest BCUT2D eigenvalue weighted by Gasteiger charge is -2.07. The van der Waals surface area contributed by atoms with Crippen LogP contribution in [0.5, 0.6) is 0 Å². The van der Waals surface area contributed by atoms with Crippen LogP contribution in [-0.4, -0.2) is 23.7 Å². The Morgan fingerprint density at radius 2 is 2.00 bits per heavy atom. The zero-order chi connectivity index (χ0) is 15.1. The van der Waals surface area contributed by atoms with Gasteiger partial charge in [0.2, 0.25) is 0 Å². The fraction of sp³-hybridized carbons (Fsp3) is 0.200. The van der Waals surface area contributed by atoms with E-state index in [1.165, 1.54) is 0 Å². The summed E-state index contributed by atoms with van der Waals surface area (Å²) in [6, 6.07) is 10.4. The van der Waals surface area contributed by atoms with E-state index >= 15 is 0 Å². The molecule has 6 heteroatoms. The number of carbonyl (C=O) groups excluding carboxylic acids is 1. The highest BCUT2D eigenvalue weighted by molar-refractivity contribution is 7.09. The first-order valence-electron chi connectivity index (χ1n) is 6.51. The van der Waals surface area contributed by atoms with E-state index in [0.29, 0.717) is 19.5 Å². The van der Waals surface area contributed by atoms with Crippen molar-refractivity contribution < 1.29 is 14.7 Å². The first kappa shape index (κ1) is 15.1. The number of nitrogens with one attached hydrogen (secondary N) is 2. The Morgan fingerprint density at radius 1 is 1.14 bits per heavy atom. The molecule has 0 bridgehead atoms. The number of amides is 2. The highest BCUT2D eigenvalue weighted by atomic mass is 32.1. The third-order valence-corrected chi connectivity index (χ3v) is 3.75. The summed E-state index contributed by atoms with van der Waals surface area (Å²) in [6.45, 7) is 0.970. The lowest BCUT2D eigenvalue weighted by Crippen LogP contribution is -2.36. The molecule has 0 aliphatic carbocycles. The molecule has 5 nitrogen and oxygen atoms in total. The van der Waals surface area contributed by atoms with E-state index in [0.717, 1.165) is 10.4 Å². The van der Waals surface area contributed by atoms with Gasteiger partial charge in [0.25, 0.3) is 0 Å². The van der Waals surface area contributed by atoms with E-state index in [1.54, 1.807) is 29.5 Å². The van der Waals surface area contributed by atoms with Gasteiger partial charge >= 0.3 is 12.0 Å².